The molecule has 1 atom stereocenters. The van der Waals surface area contributed by atoms with Gasteiger partial charge in [-0.15, -0.1) is 0 Å². The maximum absolute atomic E-state index is 6.12. The first-order valence-corrected chi connectivity index (χ1v) is 10.7. The van der Waals surface area contributed by atoms with Crippen LogP contribution in [0.5, 0.6) is 0 Å². The lowest BCUT2D eigenvalue weighted by atomic mass is 10.1. The third-order valence-electron chi connectivity index (χ3n) is 5.44. The summed E-state index contributed by atoms with van der Waals surface area (Å²) in [6, 6.07) is 0. The summed E-state index contributed by atoms with van der Waals surface area (Å²) in [5.74, 6) is 1.03. The molecule has 0 aromatic heterocycles. The Bertz CT molecular complexity index is 391. The Hall–Kier alpha value is -0.850. The third-order valence-corrected chi connectivity index (χ3v) is 5.44. The molecule has 0 saturated carbocycles. The van der Waals surface area contributed by atoms with E-state index in [-0.39, 0.29) is 0 Å². The molecule has 0 aliphatic carbocycles. The minimum Gasteiger partial charge on any atom is -0.376 e. The molecule has 2 rings (SSSR count). The van der Waals surface area contributed by atoms with Gasteiger partial charge in [0, 0.05) is 39.8 Å². The van der Waals surface area contributed by atoms with Crippen molar-refractivity contribution < 1.29 is 9.47 Å². The molecule has 0 bridgehead atoms. The lowest BCUT2D eigenvalue weighted by Crippen LogP contribution is -2.48. The predicted molar refractivity (Wildman–Crippen MR) is 108 cm³/mol. The van der Waals surface area contributed by atoms with Gasteiger partial charge in [0.15, 0.2) is 5.96 Å². The second-order valence-corrected chi connectivity index (χ2v) is 7.42. The van der Waals surface area contributed by atoms with E-state index in [4.69, 9.17) is 9.47 Å². The van der Waals surface area contributed by atoms with Gasteiger partial charge < -0.3 is 24.6 Å². The molecule has 6 nitrogen and oxygen atoms in total. The van der Waals surface area contributed by atoms with Crippen LogP contribution in [0.25, 0.3) is 0 Å². The van der Waals surface area contributed by atoms with Crippen molar-refractivity contribution in [2.24, 2.45) is 4.99 Å². The van der Waals surface area contributed by atoms with E-state index in [2.05, 4.69) is 34.0 Å². The highest BCUT2D eigenvalue weighted by Gasteiger charge is 2.23. The van der Waals surface area contributed by atoms with E-state index < -0.39 is 0 Å². The molecule has 26 heavy (non-hydrogen) atoms. The first-order valence-electron chi connectivity index (χ1n) is 10.7. The Balaban J connectivity index is 1.63. The molecule has 1 unspecified atom stereocenters. The molecule has 2 aliphatic heterocycles. The van der Waals surface area contributed by atoms with Crippen LogP contribution in [-0.4, -0.2) is 87.5 Å². The number of piperidine rings is 1. The van der Waals surface area contributed by atoms with Gasteiger partial charge in [0.05, 0.1) is 18.8 Å². The molecule has 2 saturated heterocycles. The summed E-state index contributed by atoms with van der Waals surface area (Å²) < 4.78 is 11.9. The second-order valence-electron chi connectivity index (χ2n) is 7.42. The van der Waals surface area contributed by atoms with E-state index in [0.29, 0.717) is 12.2 Å². The smallest absolute Gasteiger partial charge is 0.193 e. The van der Waals surface area contributed by atoms with Crippen molar-refractivity contribution in [3.63, 3.8) is 0 Å². The number of hydrogen-bond acceptors (Lipinski definition) is 4. The van der Waals surface area contributed by atoms with Gasteiger partial charge in [-0.25, -0.2) is 0 Å². The summed E-state index contributed by atoms with van der Waals surface area (Å²) in [4.78, 5) is 9.32. The fraction of sp³-hybridized carbons (Fsp3) is 0.950. The minimum absolute atomic E-state index is 0.320. The van der Waals surface area contributed by atoms with Crippen molar-refractivity contribution in [1.82, 2.24) is 15.1 Å². The van der Waals surface area contributed by atoms with E-state index in [1.807, 2.05) is 7.05 Å². The Morgan fingerprint density at radius 2 is 2.00 bits per heavy atom. The standard InChI is InChI=1S/C20H40N4O2/c1-4-12-23(5-2)15-11-22-20(21-3)24-13-9-18(10-14-24)26-17-19-8-6-7-16-25-19/h18-19H,4-17H2,1-3H3,(H,21,22). The third kappa shape index (κ3) is 7.41. The number of ether oxygens (including phenoxy) is 2. The SMILES string of the molecule is CCCN(CC)CCNC(=NC)N1CCC(OCC2CCCCO2)CC1. The van der Waals surface area contributed by atoms with Crippen molar-refractivity contribution in [1.29, 1.82) is 0 Å². The molecule has 0 aromatic rings. The van der Waals surface area contributed by atoms with Gasteiger partial charge in [-0.05, 0) is 51.6 Å². The van der Waals surface area contributed by atoms with E-state index in [1.54, 1.807) is 0 Å². The fourth-order valence-corrected chi connectivity index (χ4v) is 3.82. The molecular formula is C20H40N4O2. The molecule has 2 fully saturated rings. The van der Waals surface area contributed by atoms with Gasteiger partial charge >= 0.3 is 0 Å². The molecule has 0 aromatic carbocycles. The molecule has 0 spiro atoms. The second kappa shape index (κ2) is 12.5. The monoisotopic (exact) mass is 368 g/mol. The first-order chi connectivity index (χ1) is 12.8. The Kier molecular flexibility index (Phi) is 10.3. The van der Waals surface area contributed by atoms with Gasteiger partial charge in [-0.2, -0.15) is 0 Å². The van der Waals surface area contributed by atoms with Crippen LogP contribution in [0.15, 0.2) is 4.99 Å². The van der Waals surface area contributed by atoms with Crippen LogP contribution in [0.2, 0.25) is 0 Å². The lowest BCUT2D eigenvalue weighted by molar-refractivity contribution is -0.0721. The minimum atomic E-state index is 0.320. The summed E-state index contributed by atoms with van der Waals surface area (Å²) in [5.41, 5.74) is 0. The van der Waals surface area contributed by atoms with Crippen molar-refractivity contribution >= 4 is 5.96 Å². The Labute approximate surface area is 160 Å². The van der Waals surface area contributed by atoms with Gasteiger partial charge in [-0.1, -0.05) is 13.8 Å². The quantitative estimate of drug-likeness (QED) is 0.500. The van der Waals surface area contributed by atoms with Crippen LogP contribution in [0, 0.1) is 0 Å². The number of guanidine groups is 1. The largest absolute Gasteiger partial charge is 0.376 e. The summed E-state index contributed by atoms with van der Waals surface area (Å²) in [6.07, 6.45) is 7.69. The molecule has 1 N–H and O–H groups in total. The first kappa shape index (κ1) is 21.5. The van der Waals surface area contributed by atoms with Gasteiger partial charge in [-0.3, -0.25) is 4.99 Å². The average molecular weight is 369 g/mol. The van der Waals surface area contributed by atoms with E-state index in [1.165, 1.54) is 25.8 Å². The summed E-state index contributed by atoms with van der Waals surface area (Å²) in [5, 5.41) is 3.53. The highest BCUT2D eigenvalue weighted by atomic mass is 16.5. The van der Waals surface area contributed by atoms with E-state index in [9.17, 15) is 0 Å². The highest BCUT2D eigenvalue weighted by molar-refractivity contribution is 5.79. The summed E-state index contributed by atoms with van der Waals surface area (Å²) in [6.45, 7) is 12.5. The zero-order chi connectivity index (χ0) is 18.6. The normalized spacial score (nSPS) is 22.8. The van der Waals surface area contributed by atoms with Gasteiger partial charge in [0.1, 0.15) is 0 Å². The maximum atomic E-state index is 6.12. The van der Waals surface area contributed by atoms with Crippen LogP contribution in [-0.2, 0) is 9.47 Å². The fourth-order valence-electron chi connectivity index (χ4n) is 3.82. The van der Waals surface area contributed by atoms with Crippen molar-refractivity contribution in [2.75, 3.05) is 59.5 Å². The molecule has 0 radical (unpaired) electrons. The van der Waals surface area contributed by atoms with E-state index in [0.717, 1.165) is 71.2 Å². The van der Waals surface area contributed by atoms with Crippen LogP contribution >= 0.6 is 0 Å². The Morgan fingerprint density at radius 3 is 2.62 bits per heavy atom. The van der Waals surface area contributed by atoms with Crippen molar-refractivity contribution in [2.45, 2.75) is 64.6 Å². The summed E-state index contributed by atoms with van der Waals surface area (Å²) in [7, 11) is 1.88. The number of likely N-dealkylation sites (N-methyl/N-ethyl adjacent to an activating group) is 1. The number of nitrogens with zero attached hydrogens (tertiary/aromatic N) is 3. The number of aliphatic imine (C=N–C) groups is 1. The maximum Gasteiger partial charge on any atom is 0.193 e. The number of rotatable bonds is 9. The van der Waals surface area contributed by atoms with Crippen LogP contribution in [0.1, 0.15) is 52.4 Å². The number of nitrogens with one attached hydrogen (secondary N) is 1. The Morgan fingerprint density at radius 1 is 1.19 bits per heavy atom. The molecule has 152 valence electrons. The van der Waals surface area contributed by atoms with Crippen LogP contribution < -0.4 is 5.32 Å². The molecule has 2 aliphatic rings. The zero-order valence-corrected chi connectivity index (χ0v) is 17.2. The summed E-state index contributed by atoms with van der Waals surface area (Å²) >= 11 is 0. The van der Waals surface area contributed by atoms with Crippen LogP contribution in [0.4, 0.5) is 0 Å². The average Bonchev–Trinajstić information content (AvgIpc) is 2.70. The van der Waals surface area contributed by atoms with Crippen molar-refractivity contribution in [3.8, 4) is 0 Å². The number of likely N-dealkylation sites (tertiary alicyclic amines) is 1. The zero-order valence-electron chi connectivity index (χ0n) is 17.2. The molecule has 6 heteroatoms. The van der Waals surface area contributed by atoms with Gasteiger partial charge in [0.25, 0.3) is 0 Å². The van der Waals surface area contributed by atoms with E-state index >= 15 is 0 Å². The number of hydrogen-bond donors (Lipinski definition) is 1. The van der Waals surface area contributed by atoms with Crippen LogP contribution in [0.3, 0.4) is 0 Å². The lowest BCUT2D eigenvalue weighted by Gasteiger charge is -2.35. The van der Waals surface area contributed by atoms with Gasteiger partial charge in [0.2, 0.25) is 0 Å². The topological polar surface area (TPSA) is 49.3 Å². The molecular weight excluding hydrogens is 328 g/mol. The molecule has 0 amide bonds. The highest BCUT2D eigenvalue weighted by Crippen LogP contribution is 2.17. The molecule has 2 heterocycles. The predicted octanol–water partition coefficient (Wildman–Crippen LogP) is 2.34. The van der Waals surface area contributed by atoms with Crippen molar-refractivity contribution in [3.05, 3.63) is 0 Å².